The van der Waals surface area contributed by atoms with Gasteiger partial charge in [0.15, 0.2) is 0 Å². The van der Waals surface area contributed by atoms with E-state index < -0.39 is 12.3 Å². The van der Waals surface area contributed by atoms with Crippen LogP contribution < -0.4 is 15.4 Å². The fourth-order valence-electron chi connectivity index (χ4n) is 2.70. The summed E-state index contributed by atoms with van der Waals surface area (Å²) in [5, 5.41) is 6.09. The topological polar surface area (TPSA) is 85.4 Å². The molecule has 0 radical (unpaired) electrons. The van der Waals surface area contributed by atoms with Crippen LogP contribution >= 0.6 is 0 Å². The SMILES string of the molecule is CCNc1nc(Nc2ccc(C(=O)OC)cc2)cc(-c2cccc(OC(F)(F)F)c2)n1. The Kier molecular flexibility index (Phi) is 6.58. The van der Waals surface area contributed by atoms with Gasteiger partial charge in [0, 0.05) is 23.9 Å². The third-order valence-corrected chi connectivity index (χ3v) is 4.00. The zero-order chi connectivity index (χ0) is 22.4. The number of aromatic nitrogens is 2. The van der Waals surface area contributed by atoms with Crippen LogP contribution in [0.1, 0.15) is 17.3 Å². The fourth-order valence-corrected chi connectivity index (χ4v) is 2.70. The Morgan fingerprint density at radius 2 is 1.81 bits per heavy atom. The van der Waals surface area contributed by atoms with Crippen molar-refractivity contribution in [1.29, 1.82) is 0 Å². The average molecular weight is 432 g/mol. The van der Waals surface area contributed by atoms with Crippen molar-refractivity contribution in [2.75, 3.05) is 24.3 Å². The van der Waals surface area contributed by atoms with Gasteiger partial charge in [-0.2, -0.15) is 4.98 Å². The van der Waals surface area contributed by atoms with Gasteiger partial charge in [-0.3, -0.25) is 0 Å². The van der Waals surface area contributed by atoms with Crippen LogP contribution in [0.5, 0.6) is 5.75 Å². The average Bonchev–Trinajstić information content (AvgIpc) is 2.73. The van der Waals surface area contributed by atoms with Crippen molar-refractivity contribution >= 4 is 23.4 Å². The number of hydrogen-bond acceptors (Lipinski definition) is 7. The summed E-state index contributed by atoms with van der Waals surface area (Å²) in [6, 6.07) is 13.7. The van der Waals surface area contributed by atoms with Crippen molar-refractivity contribution < 1.29 is 27.4 Å². The number of nitrogens with one attached hydrogen (secondary N) is 2. The zero-order valence-electron chi connectivity index (χ0n) is 16.7. The van der Waals surface area contributed by atoms with E-state index in [9.17, 15) is 18.0 Å². The van der Waals surface area contributed by atoms with E-state index in [-0.39, 0.29) is 5.75 Å². The molecule has 162 valence electrons. The number of ether oxygens (including phenoxy) is 2. The van der Waals surface area contributed by atoms with Crippen molar-refractivity contribution in [3.63, 3.8) is 0 Å². The Hall–Kier alpha value is -3.82. The quantitative estimate of drug-likeness (QED) is 0.508. The van der Waals surface area contributed by atoms with E-state index in [1.807, 2.05) is 6.92 Å². The van der Waals surface area contributed by atoms with Gasteiger partial charge in [-0.1, -0.05) is 12.1 Å². The number of alkyl halides is 3. The van der Waals surface area contributed by atoms with Crippen molar-refractivity contribution in [3.8, 4) is 17.0 Å². The van der Waals surface area contributed by atoms with Crippen LogP contribution in [0.25, 0.3) is 11.3 Å². The molecule has 0 fully saturated rings. The summed E-state index contributed by atoms with van der Waals surface area (Å²) in [5.74, 6) is -0.0856. The molecule has 0 saturated heterocycles. The first-order valence-electron chi connectivity index (χ1n) is 9.22. The van der Waals surface area contributed by atoms with Crippen LogP contribution in [-0.2, 0) is 4.74 Å². The Balaban J connectivity index is 1.91. The first-order chi connectivity index (χ1) is 14.8. The number of anilines is 3. The lowest BCUT2D eigenvalue weighted by molar-refractivity contribution is -0.274. The monoisotopic (exact) mass is 432 g/mol. The van der Waals surface area contributed by atoms with Crippen molar-refractivity contribution in [2.45, 2.75) is 13.3 Å². The van der Waals surface area contributed by atoms with E-state index in [4.69, 9.17) is 0 Å². The zero-order valence-corrected chi connectivity index (χ0v) is 16.7. The van der Waals surface area contributed by atoms with E-state index in [0.29, 0.717) is 40.8 Å². The van der Waals surface area contributed by atoms with Crippen LogP contribution in [0.15, 0.2) is 54.6 Å². The highest BCUT2D eigenvalue weighted by Gasteiger charge is 2.31. The van der Waals surface area contributed by atoms with Crippen molar-refractivity contribution in [1.82, 2.24) is 9.97 Å². The molecule has 2 aromatic carbocycles. The maximum absolute atomic E-state index is 12.6. The van der Waals surface area contributed by atoms with Crippen molar-refractivity contribution in [3.05, 3.63) is 60.2 Å². The number of nitrogens with zero attached hydrogens (tertiary/aromatic N) is 2. The van der Waals surface area contributed by atoms with Gasteiger partial charge in [0.2, 0.25) is 5.95 Å². The summed E-state index contributed by atoms with van der Waals surface area (Å²) < 4.78 is 46.3. The number of benzene rings is 2. The molecule has 1 heterocycles. The number of rotatable bonds is 7. The maximum atomic E-state index is 12.6. The molecule has 0 atom stereocenters. The van der Waals surface area contributed by atoms with Crippen LogP contribution in [0.4, 0.5) is 30.6 Å². The summed E-state index contributed by atoms with van der Waals surface area (Å²) in [6.45, 7) is 2.42. The summed E-state index contributed by atoms with van der Waals surface area (Å²) in [6.07, 6.45) is -4.79. The summed E-state index contributed by atoms with van der Waals surface area (Å²) in [7, 11) is 1.30. The predicted octanol–water partition coefficient (Wildman–Crippen LogP) is 5.00. The second-order valence-electron chi connectivity index (χ2n) is 6.26. The Morgan fingerprint density at radius 3 is 2.45 bits per heavy atom. The highest BCUT2D eigenvalue weighted by atomic mass is 19.4. The van der Waals surface area contributed by atoms with Gasteiger partial charge < -0.3 is 20.1 Å². The third-order valence-electron chi connectivity index (χ3n) is 4.00. The maximum Gasteiger partial charge on any atom is 0.573 e. The highest BCUT2D eigenvalue weighted by molar-refractivity contribution is 5.89. The minimum atomic E-state index is -4.79. The number of carbonyl (C=O) groups excluding carboxylic acids is 1. The van der Waals surface area contributed by atoms with E-state index in [0.717, 1.165) is 0 Å². The molecule has 0 aliphatic carbocycles. The second kappa shape index (κ2) is 9.33. The fraction of sp³-hybridized carbons (Fsp3) is 0.190. The van der Waals surface area contributed by atoms with E-state index in [1.54, 1.807) is 36.4 Å². The minimum Gasteiger partial charge on any atom is -0.465 e. The normalized spacial score (nSPS) is 11.0. The summed E-state index contributed by atoms with van der Waals surface area (Å²) >= 11 is 0. The van der Waals surface area contributed by atoms with Crippen LogP contribution in [0, 0.1) is 0 Å². The Bertz CT molecular complexity index is 1060. The molecule has 0 spiro atoms. The largest absolute Gasteiger partial charge is 0.573 e. The van der Waals surface area contributed by atoms with Gasteiger partial charge in [-0.25, -0.2) is 9.78 Å². The molecule has 0 amide bonds. The van der Waals surface area contributed by atoms with Gasteiger partial charge in [0.05, 0.1) is 18.4 Å². The standard InChI is InChI=1S/C21H19F3N4O3/c1-3-25-20-27-17(14-5-4-6-16(11-14)31-21(22,23)24)12-18(28-20)26-15-9-7-13(8-10-15)19(29)30-2/h4-12H,3H2,1-2H3,(H2,25,26,27,28). The van der Waals surface area contributed by atoms with E-state index in [2.05, 4.69) is 30.1 Å². The molecule has 0 bridgehead atoms. The lowest BCUT2D eigenvalue weighted by atomic mass is 10.1. The lowest BCUT2D eigenvalue weighted by Crippen LogP contribution is -2.17. The van der Waals surface area contributed by atoms with Crippen LogP contribution in [0.2, 0.25) is 0 Å². The molecule has 2 N–H and O–H groups in total. The molecule has 1 aromatic heterocycles. The number of methoxy groups -OCH3 is 1. The van der Waals surface area contributed by atoms with Gasteiger partial charge in [-0.05, 0) is 43.3 Å². The smallest absolute Gasteiger partial charge is 0.465 e. The molecule has 0 aliphatic rings. The number of carbonyl (C=O) groups is 1. The molecular weight excluding hydrogens is 413 g/mol. The molecule has 3 rings (SSSR count). The van der Waals surface area contributed by atoms with E-state index in [1.165, 1.54) is 25.3 Å². The molecule has 0 saturated carbocycles. The summed E-state index contributed by atoms with van der Waals surface area (Å²) in [4.78, 5) is 20.3. The molecule has 0 aliphatic heterocycles. The van der Waals surface area contributed by atoms with Crippen LogP contribution in [-0.4, -0.2) is 36.0 Å². The van der Waals surface area contributed by atoms with Gasteiger partial charge in [0.25, 0.3) is 0 Å². The molecular formula is C21H19F3N4O3. The summed E-state index contributed by atoms with van der Waals surface area (Å²) in [5.41, 5.74) is 1.86. The van der Waals surface area contributed by atoms with Crippen LogP contribution in [0.3, 0.4) is 0 Å². The lowest BCUT2D eigenvalue weighted by Gasteiger charge is -2.13. The second-order valence-corrected chi connectivity index (χ2v) is 6.26. The predicted molar refractivity (Wildman–Crippen MR) is 109 cm³/mol. The first kappa shape index (κ1) is 21.9. The minimum absolute atomic E-state index is 0.302. The van der Waals surface area contributed by atoms with Gasteiger partial charge >= 0.3 is 12.3 Å². The first-order valence-corrected chi connectivity index (χ1v) is 9.22. The number of esters is 1. The Morgan fingerprint density at radius 1 is 1.06 bits per heavy atom. The molecule has 0 unspecified atom stereocenters. The van der Waals surface area contributed by atoms with Gasteiger partial charge in [-0.15, -0.1) is 13.2 Å². The van der Waals surface area contributed by atoms with Gasteiger partial charge in [0.1, 0.15) is 11.6 Å². The molecule has 3 aromatic rings. The number of halogens is 3. The third kappa shape index (κ3) is 6.08. The highest BCUT2D eigenvalue weighted by Crippen LogP contribution is 2.29. The van der Waals surface area contributed by atoms with E-state index >= 15 is 0 Å². The molecule has 31 heavy (non-hydrogen) atoms. The molecule has 7 nitrogen and oxygen atoms in total. The van der Waals surface area contributed by atoms with Crippen molar-refractivity contribution in [2.24, 2.45) is 0 Å². The number of hydrogen-bond donors (Lipinski definition) is 2. The Labute approximate surface area is 176 Å². The molecule has 10 heteroatoms.